The van der Waals surface area contributed by atoms with Crippen LogP contribution in [0.5, 0.6) is 0 Å². The molecule has 4 heteroatoms. The molecule has 0 atom stereocenters. The standard InChI is InChI=1S/C11H12ClN3/c1-7(2)13-11-14-9-6-4-3-5-8(9)10(12)15-11/h3-7H,1-2H3,(H,13,14,15). The first-order chi connectivity index (χ1) is 7.16. The van der Waals surface area contributed by atoms with Crippen molar-refractivity contribution in [3.05, 3.63) is 29.4 Å². The number of nitrogens with one attached hydrogen (secondary N) is 1. The second kappa shape index (κ2) is 4.03. The maximum atomic E-state index is 6.05. The second-order valence-electron chi connectivity index (χ2n) is 3.65. The van der Waals surface area contributed by atoms with E-state index in [2.05, 4.69) is 15.3 Å². The van der Waals surface area contributed by atoms with E-state index in [0.717, 1.165) is 10.9 Å². The summed E-state index contributed by atoms with van der Waals surface area (Å²) in [6.07, 6.45) is 0. The van der Waals surface area contributed by atoms with E-state index in [1.54, 1.807) is 0 Å². The molecule has 0 saturated carbocycles. The lowest BCUT2D eigenvalue weighted by Gasteiger charge is -2.09. The van der Waals surface area contributed by atoms with Crippen LogP contribution in [0.15, 0.2) is 24.3 Å². The molecular formula is C11H12ClN3. The van der Waals surface area contributed by atoms with Crippen LogP contribution in [0.2, 0.25) is 5.15 Å². The molecule has 2 aromatic rings. The Morgan fingerprint density at radius 3 is 2.67 bits per heavy atom. The van der Waals surface area contributed by atoms with Crippen LogP contribution in [0.4, 0.5) is 5.95 Å². The Bertz CT molecular complexity index is 482. The summed E-state index contributed by atoms with van der Waals surface area (Å²) >= 11 is 6.05. The maximum absolute atomic E-state index is 6.05. The molecular weight excluding hydrogens is 210 g/mol. The van der Waals surface area contributed by atoms with Crippen LogP contribution in [0.1, 0.15) is 13.8 Å². The molecule has 1 N–H and O–H groups in total. The number of halogens is 1. The monoisotopic (exact) mass is 221 g/mol. The molecule has 2 rings (SSSR count). The van der Waals surface area contributed by atoms with Crippen LogP contribution in [-0.4, -0.2) is 16.0 Å². The number of nitrogens with zero attached hydrogens (tertiary/aromatic N) is 2. The molecule has 0 aliphatic carbocycles. The van der Waals surface area contributed by atoms with Crippen molar-refractivity contribution < 1.29 is 0 Å². The molecule has 0 bridgehead atoms. The van der Waals surface area contributed by atoms with Crippen LogP contribution in [-0.2, 0) is 0 Å². The van der Waals surface area contributed by atoms with Crippen molar-refractivity contribution in [1.29, 1.82) is 0 Å². The topological polar surface area (TPSA) is 37.8 Å². The number of fused-ring (bicyclic) bond motifs is 1. The lowest BCUT2D eigenvalue weighted by atomic mass is 10.2. The van der Waals surface area contributed by atoms with E-state index in [9.17, 15) is 0 Å². The predicted octanol–water partition coefficient (Wildman–Crippen LogP) is 3.10. The first kappa shape index (κ1) is 10.2. The lowest BCUT2D eigenvalue weighted by molar-refractivity contribution is 0.878. The number of anilines is 1. The van der Waals surface area contributed by atoms with Crippen LogP contribution in [0, 0.1) is 0 Å². The fraction of sp³-hybridized carbons (Fsp3) is 0.273. The summed E-state index contributed by atoms with van der Waals surface area (Å²) in [6.45, 7) is 4.07. The largest absolute Gasteiger partial charge is 0.352 e. The highest BCUT2D eigenvalue weighted by atomic mass is 35.5. The number of para-hydroxylation sites is 1. The Kier molecular flexibility index (Phi) is 2.73. The summed E-state index contributed by atoms with van der Waals surface area (Å²) in [5.74, 6) is 0.578. The number of benzene rings is 1. The van der Waals surface area contributed by atoms with Gasteiger partial charge in [-0.2, -0.15) is 0 Å². The highest BCUT2D eigenvalue weighted by Crippen LogP contribution is 2.21. The van der Waals surface area contributed by atoms with E-state index >= 15 is 0 Å². The van der Waals surface area contributed by atoms with Crippen molar-refractivity contribution in [3.8, 4) is 0 Å². The Morgan fingerprint density at radius 2 is 1.93 bits per heavy atom. The van der Waals surface area contributed by atoms with Crippen molar-refractivity contribution in [3.63, 3.8) is 0 Å². The zero-order chi connectivity index (χ0) is 10.8. The van der Waals surface area contributed by atoms with Gasteiger partial charge < -0.3 is 5.32 Å². The summed E-state index contributed by atoms with van der Waals surface area (Å²) in [4.78, 5) is 8.55. The first-order valence-electron chi connectivity index (χ1n) is 4.85. The molecule has 1 aromatic heterocycles. The molecule has 78 valence electrons. The van der Waals surface area contributed by atoms with Crippen molar-refractivity contribution >= 4 is 28.5 Å². The smallest absolute Gasteiger partial charge is 0.224 e. The minimum Gasteiger partial charge on any atom is -0.352 e. The van der Waals surface area contributed by atoms with E-state index in [4.69, 9.17) is 11.6 Å². The van der Waals surface area contributed by atoms with E-state index < -0.39 is 0 Å². The molecule has 0 saturated heterocycles. The van der Waals surface area contributed by atoms with Gasteiger partial charge in [-0.3, -0.25) is 0 Å². The zero-order valence-electron chi connectivity index (χ0n) is 8.66. The molecule has 0 amide bonds. The van der Waals surface area contributed by atoms with Gasteiger partial charge in [0, 0.05) is 11.4 Å². The molecule has 1 aromatic carbocycles. The van der Waals surface area contributed by atoms with E-state index in [-0.39, 0.29) is 0 Å². The van der Waals surface area contributed by atoms with Gasteiger partial charge in [-0.05, 0) is 26.0 Å². The van der Waals surface area contributed by atoms with Crippen molar-refractivity contribution in [2.75, 3.05) is 5.32 Å². The number of aromatic nitrogens is 2. The summed E-state index contributed by atoms with van der Waals surface area (Å²) in [7, 11) is 0. The van der Waals surface area contributed by atoms with E-state index in [1.165, 1.54) is 0 Å². The normalized spacial score (nSPS) is 10.9. The summed E-state index contributed by atoms with van der Waals surface area (Å²) < 4.78 is 0. The third-order valence-electron chi connectivity index (χ3n) is 1.97. The van der Waals surface area contributed by atoms with Gasteiger partial charge in [0.25, 0.3) is 0 Å². The highest BCUT2D eigenvalue weighted by Gasteiger charge is 2.05. The average Bonchev–Trinajstić information content (AvgIpc) is 2.16. The molecule has 1 heterocycles. The maximum Gasteiger partial charge on any atom is 0.224 e. The van der Waals surface area contributed by atoms with Crippen LogP contribution >= 0.6 is 11.6 Å². The predicted molar refractivity (Wildman–Crippen MR) is 63.3 cm³/mol. The van der Waals surface area contributed by atoms with Gasteiger partial charge in [0.2, 0.25) is 5.95 Å². The van der Waals surface area contributed by atoms with Gasteiger partial charge in [0.05, 0.1) is 5.52 Å². The van der Waals surface area contributed by atoms with Gasteiger partial charge in [0.15, 0.2) is 0 Å². The molecule has 0 spiro atoms. The van der Waals surface area contributed by atoms with Gasteiger partial charge in [-0.15, -0.1) is 0 Å². The average molecular weight is 222 g/mol. The minimum absolute atomic E-state index is 0.294. The SMILES string of the molecule is CC(C)Nc1nc(Cl)c2ccccc2n1. The van der Waals surface area contributed by atoms with Crippen molar-refractivity contribution in [2.45, 2.75) is 19.9 Å². The van der Waals surface area contributed by atoms with Gasteiger partial charge in [-0.25, -0.2) is 9.97 Å². The zero-order valence-corrected chi connectivity index (χ0v) is 9.42. The Labute approximate surface area is 93.5 Å². The quantitative estimate of drug-likeness (QED) is 0.792. The van der Waals surface area contributed by atoms with Crippen molar-refractivity contribution in [1.82, 2.24) is 9.97 Å². The summed E-state index contributed by atoms with van der Waals surface area (Å²) in [5.41, 5.74) is 0.862. The molecule has 0 unspecified atom stereocenters. The Morgan fingerprint density at radius 1 is 1.20 bits per heavy atom. The minimum atomic E-state index is 0.294. The first-order valence-corrected chi connectivity index (χ1v) is 5.23. The third kappa shape index (κ3) is 2.18. The third-order valence-corrected chi connectivity index (χ3v) is 2.26. The van der Waals surface area contributed by atoms with Crippen LogP contribution in [0.25, 0.3) is 10.9 Å². The van der Waals surface area contributed by atoms with E-state index in [1.807, 2.05) is 38.1 Å². The second-order valence-corrected chi connectivity index (χ2v) is 4.01. The highest BCUT2D eigenvalue weighted by molar-refractivity contribution is 6.34. The Hall–Kier alpha value is -1.35. The Balaban J connectivity index is 2.52. The van der Waals surface area contributed by atoms with E-state index in [0.29, 0.717) is 17.1 Å². The molecule has 0 radical (unpaired) electrons. The van der Waals surface area contributed by atoms with Gasteiger partial charge in [0.1, 0.15) is 5.15 Å². The van der Waals surface area contributed by atoms with Gasteiger partial charge >= 0.3 is 0 Å². The molecule has 0 aliphatic heterocycles. The number of hydrogen-bond acceptors (Lipinski definition) is 3. The molecule has 15 heavy (non-hydrogen) atoms. The van der Waals surface area contributed by atoms with Gasteiger partial charge in [-0.1, -0.05) is 23.7 Å². The number of hydrogen-bond donors (Lipinski definition) is 1. The molecule has 3 nitrogen and oxygen atoms in total. The summed E-state index contributed by atoms with van der Waals surface area (Å²) in [6, 6.07) is 7.99. The fourth-order valence-electron chi connectivity index (χ4n) is 1.36. The van der Waals surface area contributed by atoms with Crippen LogP contribution < -0.4 is 5.32 Å². The van der Waals surface area contributed by atoms with Crippen molar-refractivity contribution in [2.24, 2.45) is 0 Å². The fourth-order valence-corrected chi connectivity index (χ4v) is 1.60. The molecule has 0 fully saturated rings. The molecule has 0 aliphatic rings. The van der Waals surface area contributed by atoms with Crippen LogP contribution in [0.3, 0.4) is 0 Å². The number of rotatable bonds is 2. The lowest BCUT2D eigenvalue weighted by Crippen LogP contribution is -2.12. The summed E-state index contributed by atoms with van der Waals surface area (Å²) in [5, 5.41) is 4.50.